The molecule has 0 spiro atoms. The molecular formula is C14H17ClN2O4. The van der Waals surface area contributed by atoms with Crippen molar-refractivity contribution in [1.29, 1.82) is 0 Å². The third-order valence-electron chi connectivity index (χ3n) is 3.72. The summed E-state index contributed by atoms with van der Waals surface area (Å²) in [6, 6.07) is 3.66. The molecule has 1 atom stereocenters. The van der Waals surface area contributed by atoms with E-state index in [2.05, 4.69) is 0 Å². The van der Waals surface area contributed by atoms with Crippen LogP contribution in [0.2, 0.25) is 5.02 Å². The number of carbonyl (C=O) groups is 1. The Bertz CT molecular complexity index is 583. The highest BCUT2D eigenvalue weighted by atomic mass is 35.5. The molecule has 2 rings (SSSR count). The van der Waals surface area contributed by atoms with Crippen molar-refractivity contribution in [3.63, 3.8) is 0 Å². The van der Waals surface area contributed by atoms with Crippen LogP contribution in [-0.2, 0) is 0 Å². The number of nitrogens with zero attached hydrogens (tertiary/aromatic N) is 2. The molecule has 7 heteroatoms. The fourth-order valence-corrected chi connectivity index (χ4v) is 2.95. The van der Waals surface area contributed by atoms with Gasteiger partial charge < -0.3 is 10.0 Å². The lowest BCUT2D eigenvalue weighted by Gasteiger charge is -2.33. The molecule has 0 saturated carbocycles. The lowest BCUT2D eigenvalue weighted by molar-refractivity contribution is -0.384. The molecule has 1 aromatic rings. The quantitative estimate of drug-likeness (QED) is 0.687. The molecule has 1 amide bonds. The van der Waals surface area contributed by atoms with Crippen LogP contribution in [0.1, 0.15) is 37.0 Å². The average molecular weight is 313 g/mol. The molecule has 0 unspecified atom stereocenters. The Hall–Kier alpha value is -1.66. The van der Waals surface area contributed by atoms with Gasteiger partial charge in [-0.05, 0) is 38.8 Å². The molecule has 1 aromatic carbocycles. The van der Waals surface area contributed by atoms with E-state index in [4.69, 9.17) is 11.6 Å². The highest BCUT2D eigenvalue weighted by Crippen LogP contribution is 2.30. The van der Waals surface area contributed by atoms with Gasteiger partial charge in [-0.2, -0.15) is 0 Å². The van der Waals surface area contributed by atoms with E-state index < -0.39 is 10.5 Å². The van der Waals surface area contributed by atoms with Crippen LogP contribution in [0.5, 0.6) is 0 Å². The molecule has 1 heterocycles. The lowest BCUT2D eigenvalue weighted by Crippen LogP contribution is -2.48. The van der Waals surface area contributed by atoms with Gasteiger partial charge >= 0.3 is 0 Å². The number of nitro groups is 1. The van der Waals surface area contributed by atoms with Gasteiger partial charge in [0.1, 0.15) is 5.02 Å². The second-order valence-electron chi connectivity index (χ2n) is 5.73. The van der Waals surface area contributed by atoms with E-state index in [1.54, 1.807) is 18.7 Å². The Kier molecular flexibility index (Phi) is 4.20. The summed E-state index contributed by atoms with van der Waals surface area (Å²) in [5.74, 6) is -0.267. The first-order valence-electron chi connectivity index (χ1n) is 6.69. The van der Waals surface area contributed by atoms with E-state index >= 15 is 0 Å². The van der Waals surface area contributed by atoms with Gasteiger partial charge in [0.15, 0.2) is 0 Å². The van der Waals surface area contributed by atoms with Gasteiger partial charge in [-0.15, -0.1) is 0 Å². The van der Waals surface area contributed by atoms with Gasteiger partial charge in [0, 0.05) is 18.2 Å². The Morgan fingerprint density at radius 1 is 1.52 bits per heavy atom. The predicted molar refractivity (Wildman–Crippen MR) is 78.5 cm³/mol. The number of hydrogen-bond donors (Lipinski definition) is 1. The molecular weight excluding hydrogens is 296 g/mol. The van der Waals surface area contributed by atoms with Gasteiger partial charge in [0.2, 0.25) is 0 Å². The summed E-state index contributed by atoms with van der Waals surface area (Å²) in [7, 11) is 0. The number of benzene rings is 1. The maximum atomic E-state index is 12.5. The topological polar surface area (TPSA) is 83.7 Å². The molecule has 21 heavy (non-hydrogen) atoms. The van der Waals surface area contributed by atoms with E-state index in [9.17, 15) is 20.0 Å². The van der Waals surface area contributed by atoms with Gasteiger partial charge in [0.25, 0.3) is 11.6 Å². The number of carbonyl (C=O) groups excluding carboxylic acids is 1. The molecule has 1 aliphatic rings. The molecule has 114 valence electrons. The van der Waals surface area contributed by atoms with Crippen molar-refractivity contribution in [2.24, 2.45) is 0 Å². The fourth-order valence-electron chi connectivity index (χ4n) is 2.70. The average Bonchev–Trinajstić information content (AvgIpc) is 2.86. The van der Waals surface area contributed by atoms with E-state index in [-0.39, 0.29) is 22.7 Å². The maximum absolute atomic E-state index is 12.5. The Morgan fingerprint density at radius 2 is 2.19 bits per heavy atom. The van der Waals surface area contributed by atoms with Crippen molar-refractivity contribution in [1.82, 2.24) is 4.90 Å². The molecule has 0 aliphatic carbocycles. The maximum Gasteiger partial charge on any atom is 0.287 e. The predicted octanol–water partition coefficient (Wildman–Crippen LogP) is 2.62. The first kappa shape index (κ1) is 15.7. The zero-order chi connectivity index (χ0) is 15.8. The van der Waals surface area contributed by atoms with Crippen molar-refractivity contribution < 1.29 is 14.8 Å². The summed E-state index contributed by atoms with van der Waals surface area (Å²) in [4.78, 5) is 24.3. The summed E-state index contributed by atoms with van der Waals surface area (Å²) in [5.41, 5.74) is -0.924. The smallest absolute Gasteiger partial charge is 0.287 e. The molecule has 0 radical (unpaired) electrons. The van der Waals surface area contributed by atoms with E-state index in [0.717, 1.165) is 12.8 Å². The zero-order valence-corrected chi connectivity index (χ0v) is 12.6. The largest absolute Gasteiger partial charge is 0.388 e. The molecule has 1 fully saturated rings. The minimum Gasteiger partial charge on any atom is -0.388 e. The molecule has 1 N–H and O–H groups in total. The van der Waals surface area contributed by atoms with E-state index in [0.29, 0.717) is 12.1 Å². The third kappa shape index (κ3) is 3.16. The SMILES string of the molecule is CC(C)(O)[C@H]1CCCN1C(=O)c1ccc([N+](=O)[O-])c(Cl)c1. The number of likely N-dealkylation sites (tertiary alicyclic amines) is 1. The summed E-state index contributed by atoms with van der Waals surface area (Å²) >= 11 is 5.84. The van der Waals surface area contributed by atoms with Crippen LogP contribution in [-0.4, -0.2) is 39.0 Å². The normalized spacial score (nSPS) is 18.9. The monoisotopic (exact) mass is 312 g/mol. The number of amides is 1. The van der Waals surface area contributed by atoms with Gasteiger partial charge in [-0.3, -0.25) is 14.9 Å². The molecule has 0 bridgehead atoms. The van der Waals surface area contributed by atoms with Crippen LogP contribution in [0, 0.1) is 10.1 Å². The number of halogens is 1. The molecule has 1 aliphatic heterocycles. The summed E-state index contributed by atoms with van der Waals surface area (Å²) in [5, 5.41) is 20.8. The van der Waals surface area contributed by atoms with Crippen LogP contribution in [0.4, 0.5) is 5.69 Å². The number of hydrogen-bond acceptors (Lipinski definition) is 4. The van der Waals surface area contributed by atoms with Gasteiger partial charge in [0.05, 0.1) is 16.6 Å². The van der Waals surface area contributed by atoms with E-state index in [1.165, 1.54) is 18.2 Å². The molecule has 1 saturated heterocycles. The van der Waals surface area contributed by atoms with Gasteiger partial charge in [-0.25, -0.2) is 0 Å². The Morgan fingerprint density at radius 3 is 2.71 bits per heavy atom. The van der Waals surface area contributed by atoms with Crippen molar-refractivity contribution in [2.75, 3.05) is 6.54 Å². The first-order chi connectivity index (χ1) is 9.71. The minimum atomic E-state index is -0.989. The Labute approximate surface area is 127 Å². The lowest BCUT2D eigenvalue weighted by atomic mass is 9.96. The summed E-state index contributed by atoms with van der Waals surface area (Å²) < 4.78 is 0. The Balaban J connectivity index is 2.28. The number of aliphatic hydroxyl groups is 1. The second-order valence-corrected chi connectivity index (χ2v) is 6.14. The highest BCUT2D eigenvalue weighted by molar-refractivity contribution is 6.33. The molecule has 6 nitrogen and oxygen atoms in total. The van der Waals surface area contributed by atoms with Crippen molar-refractivity contribution in [3.05, 3.63) is 38.9 Å². The third-order valence-corrected chi connectivity index (χ3v) is 4.02. The zero-order valence-electron chi connectivity index (χ0n) is 11.9. The second kappa shape index (κ2) is 5.61. The van der Waals surface area contributed by atoms with Crippen LogP contribution in [0.15, 0.2) is 18.2 Å². The standard InChI is InChI=1S/C14H17ClN2O4/c1-14(2,19)12-4-3-7-16(12)13(18)9-5-6-11(17(20)21)10(15)8-9/h5-6,8,12,19H,3-4,7H2,1-2H3/t12-/m1/s1. The van der Waals surface area contributed by atoms with E-state index in [1.807, 2.05) is 0 Å². The van der Waals surface area contributed by atoms with Crippen molar-refractivity contribution in [3.8, 4) is 0 Å². The number of rotatable bonds is 3. The van der Waals surface area contributed by atoms with Crippen LogP contribution >= 0.6 is 11.6 Å². The first-order valence-corrected chi connectivity index (χ1v) is 7.07. The summed E-state index contributed by atoms with van der Waals surface area (Å²) in [6.07, 6.45) is 1.55. The van der Waals surface area contributed by atoms with Crippen molar-refractivity contribution in [2.45, 2.75) is 38.3 Å². The van der Waals surface area contributed by atoms with Crippen LogP contribution in [0.25, 0.3) is 0 Å². The minimum absolute atomic E-state index is 0.0649. The van der Waals surface area contributed by atoms with Crippen LogP contribution < -0.4 is 0 Å². The fraction of sp³-hybridized carbons (Fsp3) is 0.500. The van der Waals surface area contributed by atoms with Crippen LogP contribution in [0.3, 0.4) is 0 Å². The number of nitro benzene ring substituents is 1. The van der Waals surface area contributed by atoms with Gasteiger partial charge in [-0.1, -0.05) is 11.6 Å². The van der Waals surface area contributed by atoms with Crippen molar-refractivity contribution >= 4 is 23.2 Å². The highest BCUT2D eigenvalue weighted by Gasteiger charge is 2.38. The molecule has 0 aromatic heterocycles. The summed E-state index contributed by atoms with van der Waals surface area (Å²) in [6.45, 7) is 3.90.